The van der Waals surface area contributed by atoms with Crippen LogP contribution < -0.4 is 19.7 Å². The first-order valence-electron chi connectivity index (χ1n) is 10.3. The summed E-state index contributed by atoms with van der Waals surface area (Å²) in [5.41, 5.74) is 3.92. The number of aromatic nitrogens is 1. The van der Waals surface area contributed by atoms with Crippen molar-refractivity contribution in [3.05, 3.63) is 53.3 Å². The van der Waals surface area contributed by atoms with Crippen LogP contribution in [0, 0.1) is 6.92 Å². The van der Waals surface area contributed by atoms with Gasteiger partial charge in [-0.15, -0.1) is 0 Å². The molecule has 0 aliphatic carbocycles. The third-order valence-electron chi connectivity index (χ3n) is 5.15. The molecule has 3 rings (SSSR count). The first kappa shape index (κ1) is 23.0. The topological polar surface area (TPSA) is 107 Å². The Bertz CT molecular complexity index is 1020. The number of amides is 1. The molecule has 168 valence electrons. The van der Waals surface area contributed by atoms with Crippen molar-refractivity contribution >= 4 is 27.5 Å². The average Bonchev–Trinajstić information content (AvgIpc) is 2.73. The first-order valence-corrected chi connectivity index (χ1v) is 11.8. The number of rotatable bonds is 8. The molecule has 1 amide bonds. The molecule has 1 fully saturated rings. The van der Waals surface area contributed by atoms with E-state index in [1.165, 1.54) is 0 Å². The van der Waals surface area contributed by atoms with E-state index in [2.05, 4.69) is 29.5 Å². The fourth-order valence-corrected chi connectivity index (χ4v) is 4.55. The summed E-state index contributed by atoms with van der Waals surface area (Å²) >= 11 is 0. The quantitative estimate of drug-likeness (QED) is 0.565. The molecule has 2 aromatic rings. The van der Waals surface area contributed by atoms with E-state index < -0.39 is 10.2 Å². The summed E-state index contributed by atoms with van der Waals surface area (Å²) in [5.74, 6) is -0.186. The highest BCUT2D eigenvalue weighted by atomic mass is 32.2. The van der Waals surface area contributed by atoms with Gasteiger partial charge in [-0.2, -0.15) is 13.1 Å². The minimum Gasteiger partial charge on any atom is -0.368 e. The average molecular weight is 447 g/mol. The van der Waals surface area contributed by atoms with Gasteiger partial charge in [0.05, 0.1) is 17.1 Å². The zero-order valence-electron chi connectivity index (χ0n) is 18.2. The standard InChI is InChI=1S/C21H30N6O3S/c1-4-23-31(29,30)25-18-7-5-6-17(14-18)15-26-10-12-27(13-11-26)20-9-8-19(21(28)22-3)24-16(20)2/h5-9,14,23,25H,4,10-13,15H2,1-3H3,(H,22,28). The molecular formula is C21H30N6O3S. The number of benzene rings is 1. The van der Waals surface area contributed by atoms with Gasteiger partial charge in [0.15, 0.2) is 0 Å². The Hall–Kier alpha value is -2.69. The van der Waals surface area contributed by atoms with Crippen molar-refractivity contribution < 1.29 is 13.2 Å². The van der Waals surface area contributed by atoms with Gasteiger partial charge in [-0.1, -0.05) is 19.1 Å². The maximum atomic E-state index is 11.9. The van der Waals surface area contributed by atoms with E-state index in [1.807, 2.05) is 31.2 Å². The molecule has 1 aliphatic heterocycles. The number of nitrogens with one attached hydrogen (secondary N) is 3. The third-order valence-corrected chi connectivity index (χ3v) is 6.32. The summed E-state index contributed by atoms with van der Waals surface area (Å²) in [7, 11) is -1.94. The van der Waals surface area contributed by atoms with E-state index in [1.54, 1.807) is 26.1 Å². The van der Waals surface area contributed by atoms with Crippen LogP contribution in [-0.2, 0) is 16.8 Å². The molecule has 1 aliphatic rings. The van der Waals surface area contributed by atoms with Crippen molar-refractivity contribution in [2.24, 2.45) is 0 Å². The molecule has 0 radical (unpaired) electrons. The summed E-state index contributed by atoms with van der Waals surface area (Å²) in [6.45, 7) is 8.22. The van der Waals surface area contributed by atoms with Crippen LogP contribution in [0.5, 0.6) is 0 Å². The lowest BCUT2D eigenvalue weighted by atomic mass is 10.1. The molecule has 31 heavy (non-hydrogen) atoms. The van der Waals surface area contributed by atoms with Crippen LogP contribution in [0.1, 0.15) is 28.7 Å². The van der Waals surface area contributed by atoms with Crippen LogP contribution in [-0.4, -0.2) is 64.0 Å². The first-order chi connectivity index (χ1) is 14.8. The van der Waals surface area contributed by atoms with Gasteiger partial charge in [0.2, 0.25) is 0 Å². The smallest absolute Gasteiger partial charge is 0.299 e. The lowest BCUT2D eigenvalue weighted by Crippen LogP contribution is -2.46. The highest BCUT2D eigenvalue weighted by molar-refractivity contribution is 7.90. The van der Waals surface area contributed by atoms with E-state index in [4.69, 9.17) is 0 Å². The number of carbonyl (C=O) groups excluding carboxylic acids is 1. The molecule has 9 nitrogen and oxygen atoms in total. The number of nitrogens with zero attached hydrogens (tertiary/aromatic N) is 3. The minimum atomic E-state index is -3.54. The second-order valence-electron chi connectivity index (χ2n) is 7.45. The van der Waals surface area contributed by atoms with Crippen molar-refractivity contribution in [1.29, 1.82) is 0 Å². The molecule has 1 aromatic carbocycles. The largest absolute Gasteiger partial charge is 0.368 e. The van der Waals surface area contributed by atoms with E-state index >= 15 is 0 Å². The Morgan fingerprint density at radius 2 is 1.87 bits per heavy atom. The fourth-order valence-electron chi connectivity index (χ4n) is 3.66. The molecule has 0 bridgehead atoms. The second kappa shape index (κ2) is 10.1. The third kappa shape index (κ3) is 6.16. The SMILES string of the molecule is CCNS(=O)(=O)Nc1cccc(CN2CCN(c3ccc(C(=O)NC)nc3C)CC2)c1. The summed E-state index contributed by atoms with van der Waals surface area (Å²) in [6.07, 6.45) is 0. The van der Waals surface area contributed by atoms with Gasteiger partial charge in [-0.25, -0.2) is 4.98 Å². The zero-order valence-corrected chi connectivity index (χ0v) is 19.0. The number of piperazine rings is 1. The highest BCUT2D eigenvalue weighted by Crippen LogP contribution is 2.21. The molecule has 0 unspecified atom stereocenters. The van der Waals surface area contributed by atoms with Gasteiger partial charge in [0, 0.05) is 46.3 Å². The second-order valence-corrected chi connectivity index (χ2v) is 8.95. The maximum Gasteiger partial charge on any atom is 0.299 e. The van der Waals surface area contributed by atoms with Crippen molar-refractivity contribution in [3.8, 4) is 0 Å². The monoisotopic (exact) mass is 446 g/mol. The Morgan fingerprint density at radius 3 is 2.52 bits per heavy atom. The molecule has 0 saturated carbocycles. The maximum absolute atomic E-state index is 11.9. The summed E-state index contributed by atoms with van der Waals surface area (Å²) in [4.78, 5) is 20.8. The minimum absolute atomic E-state index is 0.186. The van der Waals surface area contributed by atoms with Gasteiger partial charge < -0.3 is 10.2 Å². The summed E-state index contributed by atoms with van der Waals surface area (Å²) in [5, 5.41) is 2.60. The number of hydrogen-bond acceptors (Lipinski definition) is 6. The van der Waals surface area contributed by atoms with Crippen LogP contribution in [0.25, 0.3) is 0 Å². The molecule has 1 saturated heterocycles. The number of anilines is 2. The Morgan fingerprint density at radius 1 is 1.13 bits per heavy atom. The molecule has 2 heterocycles. The fraction of sp³-hybridized carbons (Fsp3) is 0.429. The molecule has 0 spiro atoms. The molecule has 3 N–H and O–H groups in total. The number of aryl methyl sites for hydroxylation is 1. The van der Waals surface area contributed by atoms with Crippen molar-refractivity contribution in [3.63, 3.8) is 0 Å². The van der Waals surface area contributed by atoms with Crippen LogP contribution >= 0.6 is 0 Å². The molecule has 0 atom stereocenters. The molecule has 1 aromatic heterocycles. The van der Waals surface area contributed by atoms with Crippen molar-refractivity contribution in [2.75, 3.05) is 49.4 Å². The van der Waals surface area contributed by atoms with E-state index in [9.17, 15) is 13.2 Å². The summed E-state index contributed by atoms with van der Waals surface area (Å²) < 4.78 is 28.8. The zero-order chi connectivity index (χ0) is 22.4. The number of carbonyl (C=O) groups is 1. The van der Waals surface area contributed by atoms with Crippen LogP contribution in [0.2, 0.25) is 0 Å². The Labute approximate surface area is 184 Å². The predicted octanol–water partition coefficient (Wildman–Crippen LogP) is 1.34. The van der Waals surface area contributed by atoms with E-state index in [-0.39, 0.29) is 5.91 Å². The van der Waals surface area contributed by atoms with Gasteiger partial charge >= 0.3 is 0 Å². The van der Waals surface area contributed by atoms with Crippen molar-refractivity contribution in [2.45, 2.75) is 20.4 Å². The van der Waals surface area contributed by atoms with Crippen LogP contribution in [0.4, 0.5) is 11.4 Å². The predicted molar refractivity (Wildman–Crippen MR) is 123 cm³/mol. The van der Waals surface area contributed by atoms with Gasteiger partial charge in [-0.05, 0) is 36.8 Å². The molecule has 10 heteroatoms. The van der Waals surface area contributed by atoms with Gasteiger partial charge in [-0.3, -0.25) is 14.4 Å². The van der Waals surface area contributed by atoms with Crippen LogP contribution in [0.15, 0.2) is 36.4 Å². The lowest BCUT2D eigenvalue weighted by molar-refractivity contribution is 0.0958. The Balaban J connectivity index is 1.58. The van der Waals surface area contributed by atoms with Gasteiger partial charge in [0.25, 0.3) is 16.1 Å². The summed E-state index contributed by atoms with van der Waals surface area (Å²) in [6, 6.07) is 11.2. The lowest BCUT2D eigenvalue weighted by Gasteiger charge is -2.36. The highest BCUT2D eigenvalue weighted by Gasteiger charge is 2.20. The van der Waals surface area contributed by atoms with Gasteiger partial charge in [0.1, 0.15) is 5.69 Å². The van der Waals surface area contributed by atoms with Crippen LogP contribution in [0.3, 0.4) is 0 Å². The van der Waals surface area contributed by atoms with E-state index in [0.29, 0.717) is 17.9 Å². The normalized spacial score (nSPS) is 15.0. The number of pyridine rings is 1. The number of hydrogen-bond donors (Lipinski definition) is 3. The Kier molecular flexibility index (Phi) is 7.47. The molecular weight excluding hydrogens is 416 g/mol. The van der Waals surface area contributed by atoms with E-state index in [0.717, 1.165) is 49.7 Å². The van der Waals surface area contributed by atoms with Crippen molar-refractivity contribution in [1.82, 2.24) is 19.9 Å².